The van der Waals surface area contributed by atoms with E-state index in [0.717, 1.165) is 5.56 Å². The number of carbonyl (C=O) groups excluding carboxylic acids is 1. The van der Waals surface area contributed by atoms with Crippen LogP contribution < -0.4 is 5.73 Å². The number of rotatable bonds is 7. The zero-order valence-corrected chi connectivity index (χ0v) is 20.3. The summed E-state index contributed by atoms with van der Waals surface area (Å²) in [5.41, 5.74) is 8.28. The molecule has 34 heavy (non-hydrogen) atoms. The molecule has 176 valence electrons. The average Bonchev–Trinajstić information content (AvgIpc) is 3.41. The van der Waals surface area contributed by atoms with E-state index in [1.165, 1.54) is 0 Å². The first-order chi connectivity index (χ1) is 16.1. The number of nitrogens with zero attached hydrogens (tertiary/aromatic N) is 4. The third kappa shape index (κ3) is 5.03. The minimum absolute atomic E-state index is 0.199. The van der Waals surface area contributed by atoms with Crippen molar-refractivity contribution in [1.82, 2.24) is 20.1 Å². The lowest BCUT2D eigenvalue weighted by Crippen LogP contribution is -2.35. The van der Waals surface area contributed by atoms with Gasteiger partial charge in [0.1, 0.15) is 11.5 Å². The van der Waals surface area contributed by atoms with Crippen molar-refractivity contribution >= 4 is 17.5 Å². The van der Waals surface area contributed by atoms with Gasteiger partial charge in [0, 0.05) is 19.5 Å². The van der Waals surface area contributed by atoms with Gasteiger partial charge in [0.2, 0.25) is 11.8 Å². The molecular formula is C25H26ClN5O3. The maximum absolute atomic E-state index is 13.1. The van der Waals surface area contributed by atoms with Gasteiger partial charge in [-0.1, -0.05) is 41.9 Å². The van der Waals surface area contributed by atoms with Gasteiger partial charge in [-0.15, -0.1) is 10.2 Å². The van der Waals surface area contributed by atoms with Gasteiger partial charge in [-0.25, -0.2) is 4.98 Å². The Morgan fingerprint density at radius 2 is 1.85 bits per heavy atom. The van der Waals surface area contributed by atoms with E-state index in [1.54, 1.807) is 37.1 Å². The molecule has 1 amide bonds. The lowest BCUT2D eigenvalue weighted by molar-refractivity contribution is 0.0783. The van der Waals surface area contributed by atoms with E-state index in [4.69, 9.17) is 26.2 Å². The van der Waals surface area contributed by atoms with Crippen molar-refractivity contribution in [3.63, 3.8) is 0 Å². The highest BCUT2D eigenvalue weighted by Crippen LogP contribution is 2.31. The van der Waals surface area contributed by atoms with Crippen LogP contribution in [0, 0.1) is 13.8 Å². The second-order valence-corrected chi connectivity index (χ2v) is 8.99. The number of carbonyl (C=O) groups is 1. The first-order valence-corrected chi connectivity index (χ1v) is 11.2. The molecule has 0 spiro atoms. The van der Waals surface area contributed by atoms with E-state index in [9.17, 15) is 4.79 Å². The summed E-state index contributed by atoms with van der Waals surface area (Å²) in [5.74, 6) is 1.53. The number of halogens is 1. The highest BCUT2D eigenvalue weighted by Gasteiger charge is 2.29. The Morgan fingerprint density at radius 3 is 2.53 bits per heavy atom. The maximum Gasteiger partial charge on any atom is 0.253 e. The Labute approximate surface area is 202 Å². The second kappa shape index (κ2) is 9.40. The molecule has 0 radical (unpaired) electrons. The monoisotopic (exact) mass is 479 g/mol. The van der Waals surface area contributed by atoms with Crippen LogP contribution in [0.4, 0.5) is 0 Å². The number of benzene rings is 2. The first-order valence-electron chi connectivity index (χ1n) is 10.8. The molecule has 2 aromatic carbocycles. The number of hydrogen-bond acceptors (Lipinski definition) is 7. The van der Waals surface area contributed by atoms with E-state index in [2.05, 4.69) is 15.2 Å². The topological polar surface area (TPSA) is 111 Å². The first kappa shape index (κ1) is 23.7. The van der Waals surface area contributed by atoms with E-state index in [-0.39, 0.29) is 17.7 Å². The van der Waals surface area contributed by atoms with Gasteiger partial charge in [0.25, 0.3) is 5.91 Å². The van der Waals surface area contributed by atoms with Crippen LogP contribution in [-0.2, 0) is 18.5 Å². The zero-order chi connectivity index (χ0) is 24.5. The summed E-state index contributed by atoms with van der Waals surface area (Å²) >= 11 is 6.42. The molecule has 0 aliphatic rings. The summed E-state index contributed by atoms with van der Waals surface area (Å²) in [6.45, 7) is 5.75. The summed E-state index contributed by atoms with van der Waals surface area (Å²) in [7, 11) is 1.70. The van der Waals surface area contributed by atoms with Gasteiger partial charge in [0.15, 0.2) is 5.89 Å². The van der Waals surface area contributed by atoms with Gasteiger partial charge >= 0.3 is 0 Å². The Bertz CT molecular complexity index is 1310. The third-order valence-electron chi connectivity index (χ3n) is 5.50. The van der Waals surface area contributed by atoms with Crippen LogP contribution in [0.3, 0.4) is 0 Å². The Hall–Kier alpha value is -3.49. The fourth-order valence-electron chi connectivity index (χ4n) is 3.72. The summed E-state index contributed by atoms with van der Waals surface area (Å²) in [6.07, 6.45) is 0.521. The van der Waals surface area contributed by atoms with Crippen LogP contribution in [0.15, 0.2) is 57.4 Å². The molecule has 0 bridgehead atoms. The van der Waals surface area contributed by atoms with E-state index in [0.29, 0.717) is 46.5 Å². The molecule has 8 nitrogen and oxygen atoms in total. The Balaban J connectivity index is 1.56. The zero-order valence-electron chi connectivity index (χ0n) is 19.5. The standard InChI is InChI=1S/C25H26ClN5O3/c1-15-21(28-16(2)33-15)14-31(4)23(32)18-10-11-20(26)19(12-18)22-29-30-24(34-22)25(3,27)13-17-8-6-5-7-9-17/h5-12H,13-14,27H2,1-4H3. The summed E-state index contributed by atoms with van der Waals surface area (Å²) in [4.78, 5) is 19.0. The van der Waals surface area contributed by atoms with Crippen molar-refractivity contribution in [2.45, 2.75) is 39.3 Å². The van der Waals surface area contributed by atoms with Crippen LogP contribution >= 0.6 is 11.6 Å². The molecular weight excluding hydrogens is 454 g/mol. The molecule has 2 aromatic heterocycles. The van der Waals surface area contributed by atoms with Gasteiger partial charge in [-0.3, -0.25) is 4.79 Å². The van der Waals surface area contributed by atoms with E-state index < -0.39 is 5.54 Å². The Morgan fingerprint density at radius 1 is 1.12 bits per heavy atom. The molecule has 2 N–H and O–H groups in total. The van der Waals surface area contributed by atoms with Crippen LogP contribution in [0.1, 0.15) is 46.1 Å². The summed E-state index contributed by atoms with van der Waals surface area (Å²) in [5, 5.41) is 8.71. The molecule has 2 heterocycles. The van der Waals surface area contributed by atoms with Crippen molar-refractivity contribution in [3.8, 4) is 11.5 Å². The molecule has 9 heteroatoms. The molecule has 0 fully saturated rings. The minimum atomic E-state index is -0.875. The van der Waals surface area contributed by atoms with Gasteiger partial charge in [0.05, 0.1) is 22.7 Å². The predicted octanol–water partition coefficient (Wildman–Crippen LogP) is 4.68. The fourth-order valence-corrected chi connectivity index (χ4v) is 3.91. The molecule has 0 aliphatic heterocycles. The normalized spacial score (nSPS) is 13.0. The quantitative estimate of drug-likeness (QED) is 0.409. The molecule has 0 saturated carbocycles. The predicted molar refractivity (Wildman–Crippen MR) is 128 cm³/mol. The minimum Gasteiger partial charge on any atom is -0.446 e. The fraction of sp³-hybridized carbons (Fsp3) is 0.280. The number of oxazole rings is 1. The summed E-state index contributed by atoms with van der Waals surface area (Å²) in [6, 6.07) is 14.8. The smallest absolute Gasteiger partial charge is 0.253 e. The maximum atomic E-state index is 13.1. The molecule has 0 saturated heterocycles. The van der Waals surface area contributed by atoms with Crippen molar-refractivity contribution in [2.24, 2.45) is 5.73 Å². The van der Waals surface area contributed by atoms with Crippen molar-refractivity contribution in [1.29, 1.82) is 0 Å². The van der Waals surface area contributed by atoms with Crippen LogP contribution in [-0.4, -0.2) is 33.0 Å². The van der Waals surface area contributed by atoms with Crippen LogP contribution in [0.25, 0.3) is 11.5 Å². The SMILES string of the molecule is Cc1nc(CN(C)C(=O)c2ccc(Cl)c(-c3nnc(C(C)(N)Cc4ccccc4)o3)c2)c(C)o1. The van der Waals surface area contributed by atoms with Crippen LogP contribution in [0.5, 0.6) is 0 Å². The number of aryl methyl sites for hydroxylation is 2. The number of aromatic nitrogens is 3. The van der Waals surface area contributed by atoms with E-state index in [1.807, 2.05) is 44.2 Å². The van der Waals surface area contributed by atoms with Crippen molar-refractivity contribution in [3.05, 3.63) is 87.9 Å². The van der Waals surface area contributed by atoms with E-state index >= 15 is 0 Å². The van der Waals surface area contributed by atoms with Gasteiger partial charge in [-0.2, -0.15) is 0 Å². The highest BCUT2D eigenvalue weighted by molar-refractivity contribution is 6.33. The molecule has 4 rings (SSSR count). The summed E-state index contributed by atoms with van der Waals surface area (Å²) < 4.78 is 11.4. The Kier molecular flexibility index (Phi) is 6.54. The third-order valence-corrected chi connectivity index (χ3v) is 5.83. The lowest BCUT2D eigenvalue weighted by atomic mass is 9.94. The highest BCUT2D eigenvalue weighted by atomic mass is 35.5. The van der Waals surface area contributed by atoms with Crippen molar-refractivity contribution < 1.29 is 13.6 Å². The lowest BCUT2D eigenvalue weighted by Gasteiger charge is -2.20. The molecule has 0 aliphatic carbocycles. The molecule has 1 atom stereocenters. The van der Waals surface area contributed by atoms with Crippen LogP contribution in [0.2, 0.25) is 5.02 Å². The largest absolute Gasteiger partial charge is 0.446 e. The van der Waals surface area contributed by atoms with Gasteiger partial charge in [-0.05, 0) is 44.0 Å². The number of amides is 1. The van der Waals surface area contributed by atoms with Gasteiger partial charge < -0.3 is 19.5 Å². The van der Waals surface area contributed by atoms with Crippen molar-refractivity contribution in [2.75, 3.05) is 7.05 Å². The molecule has 1 unspecified atom stereocenters. The molecule has 4 aromatic rings. The number of nitrogens with two attached hydrogens (primary N) is 1. The number of hydrogen-bond donors (Lipinski definition) is 1. The average molecular weight is 480 g/mol. The second-order valence-electron chi connectivity index (χ2n) is 8.58.